The van der Waals surface area contributed by atoms with E-state index in [1.165, 1.54) is 11.3 Å². The van der Waals surface area contributed by atoms with Crippen LogP contribution in [0.25, 0.3) is 10.2 Å². The zero-order chi connectivity index (χ0) is 20.2. The molecular formula is C20H21N3O5S. The number of amides is 1. The number of thiazole rings is 1. The summed E-state index contributed by atoms with van der Waals surface area (Å²) in [6, 6.07) is 7.05. The summed E-state index contributed by atoms with van der Waals surface area (Å²) in [6.07, 6.45) is 1.37. The van der Waals surface area contributed by atoms with Crippen LogP contribution in [0, 0.1) is 0 Å². The highest BCUT2D eigenvalue weighted by Gasteiger charge is 2.23. The minimum atomic E-state index is -0.287. The van der Waals surface area contributed by atoms with E-state index in [0.29, 0.717) is 54.3 Å². The average molecular weight is 415 g/mol. The Morgan fingerprint density at radius 1 is 1.34 bits per heavy atom. The molecule has 1 amide bonds. The van der Waals surface area contributed by atoms with Gasteiger partial charge in [-0.15, -0.1) is 0 Å². The maximum absolute atomic E-state index is 12.7. The number of fused-ring (bicyclic) bond motifs is 1. The molecule has 1 aliphatic rings. The van der Waals surface area contributed by atoms with E-state index in [2.05, 4.69) is 15.3 Å². The van der Waals surface area contributed by atoms with Crippen LogP contribution in [-0.2, 0) is 9.47 Å². The van der Waals surface area contributed by atoms with Gasteiger partial charge in [0, 0.05) is 23.4 Å². The van der Waals surface area contributed by atoms with Crippen molar-refractivity contribution >= 4 is 32.6 Å². The number of nitrogens with zero attached hydrogens (tertiary/aromatic N) is 2. The van der Waals surface area contributed by atoms with E-state index in [0.717, 1.165) is 10.3 Å². The van der Waals surface area contributed by atoms with Crippen molar-refractivity contribution in [3.05, 3.63) is 41.6 Å². The van der Waals surface area contributed by atoms with E-state index in [4.69, 9.17) is 18.9 Å². The van der Waals surface area contributed by atoms with Crippen LogP contribution in [0.4, 0.5) is 5.13 Å². The summed E-state index contributed by atoms with van der Waals surface area (Å²) in [7, 11) is 1.60. The first-order chi connectivity index (χ1) is 14.2. The fourth-order valence-electron chi connectivity index (χ4n) is 3.09. The van der Waals surface area contributed by atoms with Gasteiger partial charge in [-0.2, -0.15) is 0 Å². The minimum Gasteiger partial charge on any atom is -0.494 e. The van der Waals surface area contributed by atoms with Crippen LogP contribution in [0.5, 0.6) is 11.6 Å². The van der Waals surface area contributed by atoms with Gasteiger partial charge in [-0.3, -0.25) is 10.1 Å². The Morgan fingerprint density at radius 3 is 3.00 bits per heavy atom. The molecule has 1 aliphatic heterocycles. The fourth-order valence-corrected chi connectivity index (χ4v) is 4.12. The zero-order valence-electron chi connectivity index (χ0n) is 16.1. The summed E-state index contributed by atoms with van der Waals surface area (Å²) >= 11 is 1.38. The largest absolute Gasteiger partial charge is 0.494 e. The molecule has 8 nitrogen and oxygen atoms in total. The minimum absolute atomic E-state index is 0.171. The van der Waals surface area contributed by atoms with Gasteiger partial charge in [0.15, 0.2) is 5.13 Å². The predicted octanol–water partition coefficient (Wildman–Crippen LogP) is 3.44. The number of methoxy groups -OCH3 is 1. The van der Waals surface area contributed by atoms with E-state index in [1.807, 2.05) is 19.1 Å². The van der Waals surface area contributed by atoms with Gasteiger partial charge in [0.2, 0.25) is 5.88 Å². The van der Waals surface area contributed by atoms with E-state index in [9.17, 15) is 4.79 Å². The van der Waals surface area contributed by atoms with Crippen LogP contribution in [0.15, 0.2) is 30.5 Å². The Labute approximate surface area is 171 Å². The first kappa shape index (κ1) is 19.6. The van der Waals surface area contributed by atoms with Crippen molar-refractivity contribution in [3.8, 4) is 11.6 Å². The molecule has 1 fully saturated rings. The lowest BCUT2D eigenvalue weighted by molar-refractivity contribution is -0.0895. The molecular weight excluding hydrogens is 394 g/mol. The second-order valence-corrected chi connectivity index (χ2v) is 7.26. The quantitative estimate of drug-likeness (QED) is 0.659. The number of ether oxygens (including phenoxy) is 4. The van der Waals surface area contributed by atoms with Gasteiger partial charge >= 0.3 is 0 Å². The molecule has 0 spiro atoms. The van der Waals surface area contributed by atoms with Crippen molar-refractivity contribution in [2.75, 3.05) is 38.9 Å². The van der Waals surface area contributed by atoms with Crippen LogP contribution >= 0.6 is 11.3 Å². The second-order valence-electron chi connectivity index (χ2n) is 6.26. The van der Waals surface area contributed by atoms with E-state index < -0.39 is 0 Å². The predicted molar refractivity (Wildman–Crippen MR) is 109 cm³/mol. The topological polar surface area (TPSA) is 91.8 Å². The van der Waals surface area contributed by atoms with Crippen molar-refractivity contribution in [3.63, 3.8) is 0 Å². The van der Waals surface area contributed by atoms with Crippen molar-refractivity contribution in [2.45, 2.75) is 13.0 Å². The van der Waals surface area contributed by atoms with Crippen LogP contribution in [0.3, 0.4) is 0 Å². The molecule has 29 heavy (non-hydrogen) atoms. The Hall–Kier alpha value is -2.75. The molecule has 0 saturated carbocycles. The number of carbonyl (C=O) groups excluding carboxylic acids is 1. The summed E-state index contributed by atoms with van der Waals surface area (Å²) in [5.74, 6) is 0.757. The lowest BCUT2D eigenvalue weighted by Crippen LogP contribution is -2.21. The van der Waals surface area contributed by atoms with Crippen molar-refractivity contribution in [1.82, 2.24) is 9.97 Å². The molecule has 9 heteroatoms. The number of hydrogen-bond acceptors (Lipinski definition) is 8. The van der Waals surface area contributed by atoms with Crippen LogP contribution in [0.1, 0.15) is 28.9 Å². The Bertz CT molecular complexity index is 1020. The molecule has 3 aromatic rings. The third-order valence-electron chi connectivity index (χ3n) is 4.43. The molecule has 4 rings (SSSR count). The lowest BCUT2D eigenvalue weighted by atomic mass is 10.1. The third-order valence-corrected chi connectivity index (χ3v) is 5.45. The molecule has 3 heterocycles. The smallest absolute Gasteiger partial charge is 0.257 e. The first-order valence-corrected chi connectivity index (χ1v) is 10.1. The SMILES string of the molecule is CCOc1cc(C(=O)Nc2nc3c(OC)ccc(C4COCCO4)c3s2)ccn1. The monoisotopic (exact) mass is 415 g/mol. The third kappa shape index (κ3) is 4.16. The average Bonchev–Trinajstić information content (AvgIpc) is 3.17. The van der Waals surface area contributed by atoms with Gasteiger partial charge in [0.1, 0.15) is 17.4 Å². The lowest BCUT2D eigenvalue weighted by Gasteiger charge is -2.23. The van der Waals surface area contributed by atoms with Crippen LogP contribution in [0.2, 0.25) is 0 Å². The molecule has 1 atom stereocenters. The molecule has 0 radical (unpaired) electrons. The summed E-state index contributed by atoms with van der Waals surface area (Å²) in [6.45, 7) is 3.96. The van der Waals surface area contributed by atoms with Crippen LogP contribution < -0.4 is 14.8 Å². The first-order valence-electron chi connectivity index (χ1n) is 9.26. The number of aromatic nitrogens is 2. The van der Waals surface area contributed by atoms with Gasteiger partial charge in [-0.1, -0.05) is 17.4 Å². The maximum atomic E-state index is 12.7. The summed E-state index contributed by atoms with van der Waals surface area (Å²) < 4.78 is 23.1. The van der Waals surface area contributed by atoms with Crippen LogP contribution in [-0.4, -0.2) is 49.4 Å². The molecule has 0 bridgehead atoms. The zero-order valence-corrected chi connectivity index (χ0v) is 17.0. The summed E-state index contributed by atoms with van der Waals surface area (Å²) in [4.78, 5) is 21.3. The molecule has 1 N–H and O–H groups in total. The molecule has 0 aliphatic carbocycles. The fraction of sp³-hybridized carbons (Fsp3) is 0.350. The van der Waals surface area contributed by atoms with Gasteiger partial charge < -0.3 is 18.9 Å². The summed E-state index contributed by atoms with van der Waals surface area (Å²) in [5, 5.41) is 3.33. The number of nitrogens with one attached hydrogen (secondary N) is 1. The molecule has 2 aromatic heterocycles. The number of hydrogen-bond donors (Lipinski definition) is 1. The highest BCUT2D eigenvalue weighted by atomic mass is 32.1. The molecule has 152 valence electrons. The Balaban J connectivity index is 1.64. The highest BCUT2D eigenvalue weighted by molar-refractivity contribution is 7.22. The van der Waals surface area contributed by atoms with E-state index >= 15 is 0 Å². The molecule has 1 unspecified atom stereocenters. The van der Waals surface area contributed by atoms with Gasteiger partial charge in [-0.05, 0) is 19.1 Å². The molecule has 1 aromatic carbocycles. The van der Waals surface area contributed by atoms with Crippen molar-refractivity contribution in [2.24, 2.45) is 0 Å². The van der Waals surface area contributed by atoms with Crippen molar-refractivity contribution in [1.29, 1.82) is 0 Å². The maximum Gasteiger partial charge on any atom is 0.257 e. The number of rotatable bonds is 6. The van der Waals surface area contributed by atoms with Gasteiger partial charge in [0.05, 0.1) is 38.2 Å². The normalized spacial score (nSPS) is 16.6. The Morgan fingerprint density at radius 2 is 2.24 bits per heavy atom. The van der Waals surface area contributed by atoms with Gasteiger partial charge in [0.25, 0.3) is 5.91 Å². The number of anilines is 1. The molecule has 1 saturated heterocycles. The van der Waals surface area contributed by atoms with E-state index in [-0.39, 0.29) is 12.0 Å². The van der Waals surface area contributed by atoms with Crippen molar-refractivity contribution < 1.29 is 23.7 Å². The highest BCUT2D eigenvalue weighted by Crippen LogP contribution is 2.39. The summed E-state index contributed by atoms with van der Waals surface area (Å²) in [5.41, 5.74) is 2.10. The Kier molecular flexibility index (Phi) is 5.89. The van der Waals surface area contributed by atoms with E-state index in [1.54, 1.807) is 25.4 Å². The second kappa shape index (κ2) is 8.73. The van der Waals surface area contributed by atoms with Gasteiger partial charge in [-0.25, -0.2) is 9.97 Å². The number of pyridine rings is 1. The number of carbonyl (C=O) groups is 1. The standard InChI is InChI=1S/C20H21N3O5S/c1-3-27-16-10-12(6-7-21-16)19(24)23-20-22-17-14(25-2)5-4-13(18(17)29-20)15-11-26-8-9-28-15/h4-7,10,15H,3,8-9,11H2,1-2H3,(H,22,23,24). The number of benzene rings is 1.